The van der Waals surface area contributed by atoms with Gasteiger partial charge < -0.3 is 10.1 Å². The predicted octanol–water partition coefficient (Wildman–Crippen LogP) is 3.07. The van der Waals surface area contributed by atoms with Gasteiger partial charge in [-0.3, -0.25) is 5.43 Å². The minimum absolute atomic E-state index is 0.485. The van der Waals surface area contributed by atoms with Crippen molar-refractivity contribution in [3.05, 3.63) is 29.8 Å². The van der Waals surface area contributed by atoms with Gasteiger partial charge in [-0.2, -0.15) is 5.10 Å². The Bertz CT molecular complexity index is 435. The standard InChI is InChI=1S/C15H23N3OS/c1-3-4-5-8-11-19-14-10-7-6-9-13(14)12-17-18-15(20)16-2/h6-7,9-10,12H,3-5,8,11H2,1-2H3,(H2,16,18,20)/b17-12+. The number of unbranched alkanes of at least 4 members (excludes halogenated alkanes) is 3. The topological polar surface area (TPSA) is 45.6 Å². The third-order valence-electron chi connectivity index (χ3n) is 2.77. The summed E-state index contributed by atoms with van der Waals surface area (Å²) in [4.78, 5) is 0. The lowest BCUT2D eigenvalue weighted by atomic mass is 10.2. The highest BCUT2D eigenvalue weighted by molar-refractivity contribution is 7.80. The molecule has 1 aromatic carbocycles. The molecule has 0 spiro atoms. The lowest BCUT2D eigenvalue weighted by Gasteiger charge is -2.08. The molecule has 110 valence electrons. The van der Waals surface area contributed by atoms with Crippen molar-refractivity contribution in [2.24, 2.45) is 5.10 Å². The lowest BCUT2D eigenvalue weighted by molar-refractivity contribution is 0.304. The zero-order valence-electron chi connectivity index (χ0n) is 12.2. The van der Waals surface area contributed by atoms with Crippen molar-refractivity contribution in [2.45, 2.75) is 32.6 Å². The first kappa shape index (κ1) is 16.4. The fraction of sp³-hybridized carbons (Fsp3) is 0.467. The van der Waals surface area contributed by atoms with Crippen LogP contribution in [0.15, 0.2) is 29.4 Å². The highest BCUT2D eigenvalue weighted by Gasteiger charge is 2.00. The summed E-state index contributed by atoms with van der Waals surface area (Å²) in [5, 5.41) is 7.35. The number of hydrazone groups is 1. The molecule has 0 unspecified atom stereocenters. The summed E-state index contributed by atoms with van der Waals surface area (Å²) in [5.41, 5.74) is 3.67. The molecule has 0 aliphatic heterocycles. The molecule has 1 aromatic rings. The van der Waals surface area contributed by atoms with Gasteiger partial charge in [0.25, 0.3) is 0 Å². The van der Waals surface area contributed by atoms with Crippen LogP contribution < -0.4 is 15.5 Å². The van der Waals surface area contributed by atoms with Crippen molar-refractivity contribution in [3.63, 3.8) is 0 Å². The average molecular weight is 293 g/mol. The maximum Gasteiger partial charge on any atom is 0.186 e. The number of benzene rings is 1. The van der Waals surface area contributed by atoms with Crippen molar-refractivity contribution >= 4 is 23.5 Å². The summed E-state index contributed by atoms with van der Waals surface area (Å²) in [7, 11) is 1.75. The summed E-state index contributed by atoms with van der Waals surface area (Å²) in [5.74, 6) is 0.852. The number of nitrogens with one attached hydrogen (secondary N) is 2. The number of hydrogen-bond donors (Lipinski definition) is 2. The molecule has 0 aliphatic carbocycles. The van der Waals surface area contributed by atoms with E-state index in [-0.39, 0.29) is 0 Å². The Morgan fingerprint density at radius 2 is 2.10 bits per heavy atom. The van der Waals surface area contributed by atoms with Gasteiger partial charge in [0, 0.05) is 12.6 Å². The fourth-order valence-electron chi connectivity index (χ4n) is 1.65. The Hall–Kier alpha value is -1.62. The predicted molar refractivity (Wildman–Crippen MR) is 88.5 cm³/mol. The van der Waals surface area contributed by atoms with E-state index in [1.807, 2.05) is 24.3 Å². The number of hydrogen-bond acceptors (Lipinski definition) is 3. The van der Waals surface area contributed by atoms with Crippen molar-refractivity contribution in [2.75, 3.05) is 13.7 Å². The molecule has 0 fully saturated rings. The number of ether oxygens (including phenoxy) is 1. The molecule has 0 saturated carbocycles. The molecule has 0 amide bonds. The van der Waals surface area contributed by atoms with Crippen LogP contribution in [0.4, 0.5) is 0 Å². The molecule has 1 rings (SSSR count). The quantitative estimate of drug-likeness (QED) is 0.335. The largest absolute Gasteiger partial charge is 0.493 e. The third-order valence-corrected chi connectivity index (χ3v) is 3.07. The SMILES string of the molecule is CCCCCCOc1ccccc1/C=N/NC(=S)NC. The average Bonchev–Trinajstić information content (AvgIpc) is 2.48. The second-order valence-corrected chi connectivity index (χ2v) is 4.80. The monoisotopic (exact) mass is 293 g/mol. The highest BCUT2D eigenvalue weighted by atomic mass is 32.1. The van der Waals surface area contributed by atoms with E-state index >= 15 is 0 Å². The summed E-state index contributed by atoms with van der Waals surface area (Å²) >= 11 is 4.95. The molecule has 20 heavy (non-hydrogen) atoms. The smallest absolute Gasteiger partial charge is 0.186 e. The summed E-state index contributed by atoms with van der Waals surface area (Å²) in [6, 6.07) is 7.85. The maximum absolute atomic E-state index is 5.80. The molecule has 0 bridgehead atoms. The molecule has 5 heteroatoms. The second-order valence-electron chi connectivity index (χ2n) is 4.40. The van der Waals surface area contributed by atoms with Gasteiger partial charge in [-0.1, -0.05) is 38.3 Å². The summed E-state index contributed by atoms with van der Waals surface area (Å²) in [6.07, 6.45) is 6.51. The van der Waals surface area contributed by atoms with Crippen LogP contribution in [0.3, 0.4) is 0 Å². The lowest BCUT2D eigenvalue weighted by Crippen LogP contribution is -2.28. The van der Waals surface area contributed by atoms with Gasteiger partial charge in [0.15, 0.2) is 5.11 Å². The number of para-hydroxylation sites is 1. The van der Waals surface area contributed by atoms with Crippen LogP contribution in [0.25, 0.3) is 0 Å². The normalized spacial score (nSPS) is 10.5. The van der Waals surface area contributed by atoms with E-state index < -0.39 is 0 Å². The van der Waals surface area contributed by atoms with Crippen molar-refractivity contribution < 1.29 is 4.74 Å². The molecular weight excluding hydrogens is 270 g/mol. The van der Waals surface area contributed by atoms with E-state index in [0.29, 0.717) is 5.11 Å². The van der Waals surface area contributed by atoms with Gasteiger partial charge in [-0.25, -0.2) is 0 Å². The minimum Gasteiger partial charge on any atom is -0.493 e. The van der Waals surface area contributed by atoms with E-state index in [2.05, 4.69) is 22.8 Å². The zero-order chi connectivity index (χ0) is 14.6. The van der Waals surface area contributed by atoms with Gasteiger partial charge in [-0.15, -0.1) is 0 Å². The fourth-order valence-corrected chi connectivity index (χ4v) is 1.70. The Morgan fingerprint density at radius 1 is 1.30 bits per heavy atom. The van der Waals surface area contributed by atoms with Crippen LogP contribution in [0.2, 0.25) is 0 Å². The third kappa shape index (κ3) is 6.52. The molecule has 0 atom stereocenters. The zero-order valence-corrected chi connectivity index (χ0v) is 13.0. The van der Waals surface area contributed by atoms with Crippen LogP contribution in [0, 0.1) is 0 Å². The van der Waals surface area contributed by atoms with Crippen molar-refractivity contribution in [1.82, 2.24) is 10.7 Å². The highest BCUT2D eigenvalue weighted by Crippen LogP contribution is 2.16. The summed E-state index contributed by atoms with van der Waals surface area (Å²) < 4.78 is 5.80. The second kappa shape index (κ2) is 10.2. The van der Waals surface area contributed by atoms with Gasteiger partial charge >= 0.3 is 0 Å². The van der Waals surface area contributed by atoms with Crippen LogP contribution >= 0.6 is 12.2 Å². The number of rotatable bonds is 8. The van der Waals surface area contributed by atoms with Crippen molar-refractivity contribution in [3.8, 4) is 5.75 Å². The molecule has 0 aliphatic rings. The minimum atomic E-state index is 0.485. The first-order chi connectivity index (χ1) is 9.77. The molecule has 2 N–H and O–H groups in total. The maximum atomic E-state index is 5.80. The molecule has 4 nitrogen and oxygen atoms in total. The molecule has 0 radical (unpaired) electrons. The molecule has 0 aromatic heterocycles. The number of nitrogens with zero attached hydrogens (tertiary/aromatic N) is 1. The molecule has 0 heterocycles. The van der Waals surface area contributed by atoms with Crippen LogP contribution in [-0.4, -0.2) is 25.0 Å². The Kier molecular flexibility index (Phi) is 8.38. The van der Waals surface area contributed by atoms with E-state index in [9.17, 15) is 0 Å². The Balaban J connectivity index is 2.48. The van der Waals surface area contributed by atoms with Gasteiger partial charge in [-0.05, 0) is 30.8 Å². The van der Waals surface area contributed by atoms with E-state index in [4.69, 9.17) is 17.0 Å². The first-order valence-electron chi connectivity index (χ1n) is 7.00. The van der Waals surface area contributed by atoms with Crippen LogP contribution in [0.5, 0.6) is 5.75 Å². The Morgan fingerprint density at radius 3 is 2.85 bits per heavy atom. The molecular formula is C15H23N3OS. The Labute approximate surface area is 126 Å². The van der Waals surface area contributed by atoms with Gasteiger partial charge in [0.1, 0.15) is 5.75 Å². The van der Waals surface area contributed by atoms with Gasteiger partial charge in [0.05, 0.1) is 12.8 Å². The number of thiocarbonyl (C=S) groups is 1. The van der Waals surface area contributed by atoms with Crippen LogP contribution in [-0.2, 0) is 0 Å². The van der Waals surface area contributed by atoms with Gasteiger partial charge in [0.2, 0.25) is 0 Å². The van der Waals surface area contributed by atoms with Crippen LogP contribution in [0.1, 0.15) is 38.2 Å². The first-order valence-corrected chi connectivity index (χ1v) is 7.41. The van der Waals surface area contributed by atoms with Crippen molar-refractivity contribution in [1.29, 1.82) is 0 Å². The summed E-state index contributed by atoms with van der Waals surface area (Å²) in [6.45, 7) is 2.95. The van der Waals surface area contributed by atoms with E-state index in [1.165, 1.54) is 19.3 Å². The molecule has 0 saturated heterocycles. The van der Waals surface area contributed by atoms with E-state index in [0.717, 1.165) is 24.3 Å². The van der Waals surface area contributed by atoms with E-state index in [1.54, 1.807) is 13.3 Å².